The van der Waals surface area contributed by atoms with E-state index < -0.39 is 0 Å². The van der Waals surface area contributed by atoms with E-state index in [4.69, 9.17) is 28.6 Å². The molecule has 26 heavy (non-hydrogen) atoms. The predicted octanol–water partition coefficient (Wildman–Crippen LogP) is 5.99. The molecule has 0 saturated carbocycles. The summed E-state index contributed by atoms with van der Waals surface area (Å²) in [6, 6.07) is 8.48. The summed E-state index contributed by atoms with van der Waals surface area (Å²) < 4.78 is 6.86. The first-order chi connectivity index (χ1) is 12.3. The molecule has 0 atom stereocenters. The highest BCUT2D eigenvalue weighted by Gasteiger charge is 2.34. The second-order valence-corrected chi connectivity index (χ2v) is 8.89. The lowest BCUT2D eigenvalue weighted by Gasteiger charge is -2.14. The maximum absolute atomic E-state index is 12.8. The molecule has 2 aromatic rings. The summed E-state index contributed by atoms with van der Waals surface area (Å²) >= 11 is 19.2. The Hall–Kier alpha value is -1.06. The number of hydrogen-bond acceptors (Lipinski definition) is 5. The number of thioether (sulfide) groups is 1. The van der Waals surface area contributed by atoms with Crippen molar-refractivity contribution in [3.8, 4) is 11.5 Å². The topological polar surface area (TPSA) is 49.8 Å². The number of carbonyl (C=O) groups excluding carboxylic acids is 1. The van der Waals surface area contributed by atoms with E-state index >= 15 is 0 Å². The highest BCUT2D eigenvalue weighted by Crippen LogP contribution is 2.44. The third-order valence-electron chi connectivity index (χ3n) is 3.57. The van der Waals surface area contributed by atoms with Gasteiger partial charge in [0.05, 0.1) is 17.7 Å². The van der Waals surface area contributed by atoms with Gasteiger partial charge < -0.3 is 9.84 Å². The van der Waals surface area contributed by atoms with Gasteiger partial charge in [-0.15, -0.1) is 0 Å². The van der Waals surface area contributed by atoms with Crippen LogP contribution in [0.5, 0.6) is 11.5 Å². The summed E-state index contributed by atoms with van der Waals surface area (Å²) in [6.07, 6.45) is 1.59. The fourth-order valence-electron chi connectivity index (χ4n) is 2.31. The average molecular weight is 536 g/mol. The van der Waals surface area contributed by atoms with Gasteiger partial charge in [-0.2, -0.15) is 0 Å². The highest BCUT2D eigenvalue weighted by atomic mass is 79.9. The third-order valence-corrected chi connectivity index (χ3v) is 7.13. The van der Waals surface area contributed by atoms with Gasteiger partial charge in [0.15, 0.2) is 15.8 Å². The quantitative estimate of drug-likeness (QED) is 0.387. The first-order valence-electron chi connectivity index (χ1n) is 7.12. The number of nitrogens with zero attached hydrogens (tertiary/aromatic N) is 1. The van der Waals surface area contributed by atoms with Gasteiger partial charge in [-0.3, -0.25) is 9.69 Å². The highest BCUT2D eigenvalue weighted by molar-refractivity contribution is 9.13. The van der Waals surface area contributed by atoms with Gasteiger partial charge >= 0.3 is 0 Å². The molecule has 2 aromatic carbocycles. The number of amides is 1. The molecule has 1 aliphatic heterocycles. The third kappa shape index (κ3) is 3.66. The van der Waals surface area contributed by atoms with Crippen LogP contribution in [0.4, 0.5) is 5.69 Å². The Morgan fingerprint density at radius 3 is 2.58 bits per heavy atom. The smallest absolute Gasteiger partial charge is 0.270 e. The van der Waals surface area contributed by atoms with Gasteiger partial charge in [0.1, 0.15) is 0 Å². The van der Waals surface area contributed by atoms with Crippen molar-refractivity contribution in [2.75, 3.05) is 12.0 Å². The van der Waals surface area contributed by atoms with Crippen molar-refractivity contribution in [2.24, 2.45) is 0 Å². The molecule has 1 amide bonds. The molecule has 9 heteroatoms. The zero-order chi connectivity index (χ0) is 19.0. The van der Waals surface area contributed by atoms with Gasteiger partial charge in [0, 0.05) is 19.5 Å². The zero-order valence-corrected chi connectivity index (χ0v) is 18.7. The van der Waals surface area contributed by atoms with Crippen LogP contribution in [0.15, 0.2) is 44.2 Å². The van der Waals surface area contributed by atoms with Crippen LogP contribution in [0, 0.1) is 0 Å². The van der Waals surface area contributed by atoms with Crippen molar-refractivity contribution < 1.29 is 14.6 Å². The van der Waals surface area contributed by atoms with Gasteiger partial charge in [-0.05, 0) is 68.3 Å². The summed E-state index contributed by atoms with van der Waals surface area (Å²) in [5.74, 6) is -0.0496. The number of carbonyl (C=O) groups is 1. The number of anilines is 1. The minimum Gasteiger partial charge on any atom is -0.504 e. The summed E-state index contributed by atoms with van der Waals surface area (Å²) in [7, 11) is 1.46. The van der Waals surface area contributed by atoms with Crippen molar-refractivity contribution in [3.05, 3.63) is 54.8 Å². The number of aromatic hydroxyl groups is 1. The number of phenolic OH excluding ortho intramolecular Hbond substituents is 1. The Morgan fingerprint density at radius 2 is 1.96 bits per heavy atom. The Kier molecular flexibility index (Phi) is 5.98. The summed E-state index contributed by atoms with van der Waals surface area (Å²) in [6.45, 7) is 0. The zero-order valence-electron chi connectivity index (χ0n) is 13.1. The molecule has 1 N–H and O–H groups in total. The number of halogens is 3. The molecule has 1 saturated heterocycles. The predicted molar refractivity (Wildman–Crippen MR) is 117 cm³/mol. The number of methoxy groups -OCH3 is 1. The molecule has 0 unspecified atom stereocenters. The molecular weight excluding hydrogens is 526 g/mol. The Labute approximate surface area is 181 Å². The largest absolute Gasteiger partial charge is 0.504 e. The molecule has 0 spiro atoms. The van der Waals surface area contributed by atoms with E-state index in [1.54, 1.807) is 36.4 Å². The maximum atomic E-state index is 12.8. The SMILES string of the molecule is COc1cc(Br)c(Br)c(/C=C2/SC(=S)N(c3ccc(Cl)cc3)C2=O)c1O. The Morgan fingerprint density at radius 1 is 1.31 bits per heavy atom. The van der Waals surface area contributed by atoms with Crippen LogP contribution in [0.25, 0.3) is 6.08 Å². The number of hydrogen-bond donors (Lipinski definition) is 1. The van der Waals surface area contributed by atoms with E-state index in [1.807, 2.05) is 0 Å². The molecule has 1 fully saturated rings. The fraction of sp³-hybridized carbons (Fsp3) is 0.0588. The lowest BCUT2D eigenvalue weighted by molar-refractivity contribution is -0.113. The van der Waals surface area contributed by atoms with Crippen LogP contribution < -0.4 is 9.64 Å². The van der Waals surface area contributed by atoms with Crippen LogP contribution in [0.1, 0.15) is 5.56 Å². The van der Waals surface area contributed by atoms with Crippen molar-refractivity contribution in [2.45, 2.75) is 0 Å². The van der Waals surface area contributed by atoms with Crippen molar-refractivity contribution in [1.82, 2.24) is 0 Å². The molecule has 3 rings (SSSR count). The summed E-state index contributed by atoms with van der Waals surface area (Å²) in [5, 5.41) is 11.0. The average Bonchev–Trinajstić information content (AvgIpc) is 2.89. The second kappa shape index (κ2) is 7.90. The van der Waals surface area contributed by atoms with E-state index in [0.717, 1.165) is 11.8 Å². The monoisotopic (exact) mass is 533 g/mol. The molecule has 0 bridgehead atoms. The second-order valence-electron chi connectivity index (χ2n) is 5.13. The van der Waals surface area contributed by atoms with Gasteiger partial charge in [0.2, 0.25) is 0 Å². The van der Waals surface area contributed by atoms with E-state index in [-0.39, 0.29) is 11.7 Å². The lowest BCUT2D eigenvalue weighted by Crippen LogP contribution is -2.27. The molecule has 0 aliphatic carbocycles. The van der Waals surface area contributed by atoms with E-state index in [9.17, 15) is 9.90 Å². The van der Waals surface area contributed by atoms with Crippen LogP contribution in [0.2, 0.25) is 5.02 Å². The molecule has 134 valence electrons. The van der Waals surface area contributed by atoms with Crippen LogP contribution in [0.3, 0.4) is 0 Å². The first kappa shape index (κ1) is 19.7. The molecule has 0 radical (unpaired) electrons. The van der Waals surface area contributed by atoms with Crippen molar-refractivity contribution in [1.29, 1.82) is 0 Å². The normalized spacial score (nSPS) is 15.8. The minimum atomic E-state index is -0.271. The Bertz CT molecular complexity index is 948. The minimum absolute atomic E-state index is 0.0701. The number of thiocarbonyl (C=S) groups is 1. The molecular formula is C17H10Br2ClNO3S2. The van der Waals surface area contributed by atoms with Crippen LogP contribution >= 0.6 is 67.4 Å². The van der Waals surface area contributed by atoms with Crippen molar-refractivity contribution in [3.63, 3.8) is 0 Å². The molecule has 1 aliphatic rings. The number of rotatable bonds is 3. The Balaban J connectivity index is 2.04. The number of phenols is 1. The van der Waals surface area contributed by atoms with E-state index in [2.05, 4.69) is 31.9 Å². The van der Waals surface area contributed by atoms with Crippen molar-refractivity contribution >= 4 is 89.4 Å². The number of benzene rings is 2. The fourth-order valence-corrected chi connectivity index (χ4v) is 4.56. The summed E-state index contributed by atoms with van der Waals surface area (Å²) in [5.41, 5.74) is 1.06. The van der Waals surface area contributed by atoms with Gasteiger partial charge in [-0.25, -0.2) is 0 Å². The number of ether oxygens (including phenoxy) is 1. The molecule has 4 nitrogen and oxygen atoms in total. The standard InChI is InChI=1S/C17H10Br2ClNO3S2/c1-24-12-7-11(18)14(19)10(15(12)22)6-13-16(23)21(17(25)26-13)9-4-2-8(20)3-5-9/h2-7,22H,1H3/b13-6+. The lowest BCUT2D eigenvalue weighted by atomic mass is 10.1. The van der Waals surface area contributed by atoms with Gasteiger partial charge in [0.25, 0.3) is 5.91 Å². The first-order valence-corrected chi connectivity index (χ1v) is 10.3. The van der Waals surface area contributed by atoms with Crippen LogP contribution in [-0.2, 0) is 4.79 Å². The van der Waals surface area contributed by atoms with Crippen LogP contribution in [-0.4, -0.2) is 22.4 Å². The molecule has 0 aromatic heterocycles. The maximum Gasteiger partial charge on any atom is 0.270 e. The van der Waals surface area contributed by atoms with E-state index in [1.165, 1.54) is 12.0 Å². The summed E-state index contributed by atoms with van der Waals surface area (Å²) in [4.78, 5) is 14.7. The molecule has 1 heterocycles. The van der Waals surface area contributed by atoms with E-state index in [0.29, 0.717) is 40.2 Å². The van der Waals surface area contributed by atoms with Gasteiger partial charge in [-0.1, -0.05) is 35.6 Å².